The second-order valence-corrected chi connectivity index (χ2v) is 7.89. The summed E-state index contributed by atoms with van der Waals surface area (Å²) < 4.78 is 2.21. The topological polar surface area (TPSA) is 54.7 Å². The van der Waals surface area contributed by atoms with E-state index >= 15 is 0 Å². The predicted molar refractivity (Wildman–Crippen MR) is 120 cm³/mol. The largest absolute Gasteiger partial charge is 0.343 e. The molecule has 0 aliphatic heterocycles. The Hall–Kier alpha value is -2.77. The summed E-state index contributed by atoms with van der Waals surface area (Å²) in [5, 5.41) is 11.5. The van der Waals surface area contributed by atoms with Gasteiger partial charge >= 0.3 is 0 Å². The van der Waals surface area contributed by atoms with Crippen molar-refractivity contribution in [3.05, 3.63) is 93.6 Å². The third kappa shape index (κ3) is 4.16. The number of hydrogen-bond donors (Lipinski definition) is 1. The van der Waals surface area contributed by atoms with E-state index in [0.717, 1.165) is 28.6 Å². The molecular weight excluding hydrogens is 401 g/mol. The van der Waals surface area contributed by atoms with Crippen molar-refractivity contribution in [2.75, 3.05) is 6.54 Å². The highest BCUT2D eigenvalue weighted by atomic mass is 35.5. The number of fused-ring (bicyclic) bond motifs is 1. The van der Waals surface area contributed by atoms with E-state index in [-0.39, 0.29) is 0 Å². The summed E-state index contributed by atoms with van der Waals surface area (Å²) in [6.07, 6.45) is 2.96. The molecule has 0 aliphatic carbocycles. The molecule has 4 aromatic rings. The van der Waals surface area contributed by atoms with Crippen LogP contribution in [0.5, 0.6) is 0 Å². The van der Waals surface area contributed by atoms with Gasteiger partial charge in [0.15, 0.2) is 0 Å². The molecule has 0 aliphatic rings. The van der Waals surface area contributed by atoms with Crippen molar-refractivity contribution in [2.24, 2.45) is 5.73 Å². The first-order valence-corrected chi connectivity index (χ1v) is 10.1. The Bertz CT molecular complexity index is 1200. The molecule has 144 valence electrons. The molecule has 4 rings (SSSR count). The van der Waals surface area contributed by atoms with Gasteiger partial charge in [0, 0.05) is 33.7 Å². The van der Waals surface area contributed by atoms with E-state index in [9.17, 15) is 0 Å². The lowest BCUT2D eigenvalue weighted by Crippen LogP contribution is -2.02. The minimum absolute atomic E-state index is 0.587. The molecule has 3 nitrogen and oxygen atoms in total. The average molecular weight is 420 g/mol. The molecule has 0 saturated heterocycles. The fourth-order valence-electron chi connectivity index (χ4n) is 3.67. The highest BCUT2D eigenvalue weighted by molar-refractivity contribution is 6.34. The summed E-state index contributed by atoms with van der Waals surface area (Å²) in [7, 11) is 0. The fraction of sp³-hybridized carbons (Fsp3) is 0.125. The summed E-state index contributed by atoms with van der Waals surface area (Å²) in [6.45, 7) is 1.26. The lowest BCUT2D eigenvalue weighted by Gasteiger charge is -2.08. The monoisotopic (exact) mass is 419 g/mol. The van der Waals surface area contributed by atoms with E-state index in [4.69, 9.17) is 34.2 Å². The molecule has 0 atom stereocenters. The van der Waals surface area contributed by atoms with Crippen molar-refractivity contribution in [3.63, 3.8) is 0 Å². The molecular formula is C24H19Cl2N3. The highest BCUT2D eigenvalue weighted by Gasteiger charge is 2.11. The predicted octanol–water partition coefficient (Wildman–Crippen LogP) is 6.04. The van der Waals surface area contributed by atoms with Gasteiger partial charge in [-0.05, 0) is 77.7 Å². The standard InChI is InChI=1S/C24H19Cl2N3/c25-21-9-17(10-22(26)12-21)14-29-15-20(7-8-27)23-11-19(5-6-24(23)29)18-3-1-16(13-28)2-4-18/h1-6,9-12,15H,7-8,14,27H2. The lowest BCUT2D eigenvalue weighted by atomic mass is 10.0. The van der Waals surface area contributed by atoms with Crippen molar-refractivity contribution in [2.45, 2.75) is 13.0 Å². The van der Waals surface area contributed by atoms with E-state index in [0.29, 0.717) is 28.7 Å². The molecule has 0 amide bonds. The van der Waals surface area contributed by atoms with Crippen LogP contribution in [-0.2, 0) is 13.0 Å². The molecule has 3 aromatic carbocycles. The molecule has 2 N–H and O–H groups in total. The van der Waals surface area contributed by atoms with Crippen LogP contribution in [0.1, 0.15) is 16.7 Å². The minimum atomic E-state index is 0.587. The van der Waals surface area contributed by atoms with Crippen molar-refractivity contribution in [1.82, 2.24) is 4.57 Å². The van der Waals surface area contributed by atoms with Gasteiger partial charge < -0.3 is 10.3 Å². The Balaban J connectivity index is 1.77. The van der Waals surface area contributed by atoms with Crippen LogP contribution in [0, 0.1) is 11.3 Å². The fourth-order valence-corrected chi connectivity index (χ4v) is 4.24. The molecule has 0 fully saturated rings. The van der Waals surface area contributed by atoms with Crippen molar-refractivity contribution in [3.8, 4) is 17.2 Å². The van der Waals surface area contributed by atoms with Crippen molar-refractivity contribution >= 4 is 34.1 Å². The van der Waals surface area contributed by atoms with Gasteiger partial charge in [0.2, 0.25) is 0 Å². The van der Waals surface area contributed by atoms with Crippen LogP contribution in [0.3, 0.4) is 0 Å². The van der Waals surface area contributed by atoms with Crippen LogP contribution in [-0.4, -0.2) is 11.1 Å². The normalized spacial score (nSPS) is 11.0. The number of nitrogens with two attached hydrogens (primary N) is 1. The minimum Gasteiger partial charge on any atom is -0.343 e. The summed E-state index contributed by atoms with van der Waals surface area (Å²) in [4.78, 5) is 0. The van der Waals surface area contributed by atoms with E-state index < -0.39 is 0 Å². The van der Waals surface area contributed by atoms with Crippen LogP contribution >= 0.6 is 23.2 Å². The SMILES string of the molecule is N#Cc1ccc(-c2ccc3c(c2)c(CCN)cn3Cc2cc(Cl)cc(Cl)c2)cc1. The third-order valence-electron chi connectivity index (χ3n) is 5.00. The van der Waals surface area contributed by atoms with Gasteiger partial charge in [-0.1, -0.05) is 41.4 Å². The molecule has 0 unspecified atom stereocenters. The van der Waals surface area contributed by atoms with E-state index in [1.165, 1.54) is 10.9 Å². The molecule has 0 spiro atoms. The number of nitrogens with zero attached hydrogens (tertiary/aromatic N) is 2. The summed E-state index contributed by atoms with van der Waals surface area (Å²) in [6, 6.07) is 21.9. The Morgan fingerprint density at radius 1 is 0.897 bits per heavy atom. The number of rotatable bonds is 5. The number of nitriles is 1. The quantitative estimate of drug-likeness (QED) is 0.428. The van der Waals surface area contributed by atoms with Gasteiger partial charge in [-0.3, -0.25) is 0 Å². The maximum absolute atomic E-state index is 9.01. The van der Waals surface area contributed by atoms with E-state index in [1.807, 2.05) is 36.4 Å². The first-order chi connectivity index (χ1) is 14.1. The summed E-state index contributed by atoms with van der Waals surface area (Å²) in [5.41, 5.74) is 12.1. The van der Waals surface area contributed by atoms with Crippen molar-refractivity contribution < 1.29 is 0 Å². The van der Waals surface area contributed by atoms with Crippen LogP contribution in [0.4, 0.5) is 0 Å². The van der Waals surface area contributed by atoms with Crippen LogP contribution in [0.2, 0.25) is 10.0 Å². The van der Waals surface area contributed by atoms with Gasteiger partial charge in [-0.2, -0.15) is 5.26 Å². The lowest BCUT2D eigenvalue weighted by molar-refractivity contribution is 0.827. The number of hydrogen-bond acceptors (Lipinski definition) is 2. The highest BCUT2D eigenvalue weighted by Crippen LogP contribution is 2.30. The van der Waals surface area contributed by atoms with Gasteiger partial charge in [-0.15, -0.1) is 0 Å². The molecule has 5 heteroatoms. The van der Waals surface area contributed by atoms with Crippen LogP contribution < -0.4 is 5.73 Å². The first-order valence-electron chi connectivity index (χ1n) is 9.35. The first kappa shape index (κ1) is 19.5. The molecule has 1 heterocycles. The Labute approximate surface area is 179 Å². The maximum Gasteiger partial charge on any atom is 0.0991 e. The molecule has 0 saturated carbocycles. The van der Waals surface area contributed by atoms with E-state index in [2.05, 4.69) is 35.0 Å². The Morgan fingerprint density at radius 3 is 2.24 bits per heavy atom. The molecule has 0 radical (unpaired) electrons. The zero-order chi connectivity index (χ0) is 20.4. The van der Waals surface area contributed by atoms with Gasteiger partial charge in [0.25, 0.3) is 0 Å². The second-order valence-electron chi connectivity index (χ2n) is 7.02. The molecule has 1 aromatic heterocycles. The summed E-state index contributed by atoms with van der Waals surface area (Å²) >= 11 is 12.3. The third-order valence-corrected chi connectivity index (χ3v) is 5.44. The van der Waals surface area contributed by atoms with Gasteiger partial charge in [-0.25, -0.2) is 0 Å². The number of benzene rings is 3. The zero-order valence-corrected chi connectivity index (χ0v) is 17.2. The zero-order valence-electron chi connectivity index (χ0n) is 15.7. The maximum atomic E-state index is 9.01. The average Bonchev–Trinajstić information content (AvgIpc) is 3.04. The molecule has 0 bridgehead atoms. The second kappa shape index (κ2) is 8.31. The van der Waals surface area contributed by atoms with Crippen LogP contribution in [0.15, 0.2) is 66.9 Å². The van der Waals surface area contributed by atoms with E-state index in [1.54, 1.807) is 6.07 Å². The summed E-state index contributed by atoms with van der Waals surface area (Å²) in [5.74, 6) is 0. The van der Waals surface area contributed by atoms with Crippen molar-refractivity contribution in [1.29, 1.82) is 5.26 Å². The number of halogens is 2. The smallest absolute Gasteiger partial charge is 0.0991 e. The van der Waals surface area contributed by atoms with Gasteiger partial charge in [0.05, 0.1) is 11.6 Å². The molecule has 29 heavy (non-hydrogen) atoms. The van der Waals surface area contributed by atoms with Gasteiger partial charge in [0.1, 0.15) is 0 Å². The number of aromatic nitrogens is 1. The Kier molecular flexibility index (Phi) is 5.60. The van der Waals surface area contributed by atoms with Crippen LogP contribution in [0.25, 0.3) is 22.0 Å². The Morgan fingerprint density at radius 2 is 1.59 bits per heavy atom.